The molecular formula is C9H16N4O. The van der Waals surface area contributed by atoms with E-state index in [1.165, 1.54) is 0 Å². The summed E-state index contributed by atoms with van der Waals surface area (Å²) >= 11 is 0. The Morgan fingerprint density at radius 2 is 2.50 bits per heavy atom. The quantitative estimate of drug-likeness (QED) is 0.657. The van der Waals surface area contributed by atoms with Crippen LogP contribution < -0.4 is 5.73 Å². The van der Waals surface area contributed by atoms with E-state index in [9.17, 15) is 5.11 Å². The van der Waals surface area contributed by atoms with E-state index in [2.05, 4.69) is 10.2 Å². The summed E-state index contributed by atoms with van der Waals surface area (Å²) in [6.45, 7) is 0. The lowest BCUT2D eigenvalue weighted by Crippen LogP contribution is -2.40. The molecule has 14 heavy (non-hydrogen) atoms. The van der Waals surface area contributed by atoms with Crippen LogP contribution in [0.1, 0.15) is 31.5 Å². The van der Waals surface area contributed by atoms with E-state index >= 15 is 0 Å². The molecule has 2 rings (SSSR count). The molecule has 5 heteroatoms. The molecule has 0 aromatic carbocycles. The van der Waals surface area contributed by atoms with Gasteiger partial charge in [-0.1, -0.05) is 0 Å². The first-order chi connectivity index (χ1) is 6.62. The fraction of sp³-hybridized carbons (Fsp3) is 0.778. The monoisotopic (exact) mass is 196 g/mol. The normalized spacial score (nSPS) is 33.2. The van der Waals surface area contributed by atoms with Crippen molar-refractivity contribution in [3.05, 3.63) is 12.2 Å². The van der Waals surface area contributed by atoms with Crippen molar-refractivity contribution < 1.29 is 5.11 Å². The summed E-state index contributed by atoms with van der Waals surface area (Å²) in [7, 11) is 1.84. The van der Waals surface area contributed by atoms with Gasteiger partial charge < -0.3 is 15.4 Å². The lowest BCUT2D eigenvalue weighted by Gasteiger charge is -2.34. The van der Waals surface area contributed by atoms with Gasteiger partial charge in [0.1, 0.15) is 11.9 Å². The Morgan fingerprint density at radius 3 is 3.07 bits per heavy atom. The second kappa shape index (κ2) is 3.33. The molecule has 1 saturated carbocycles. The van der Waals surface area contributed by atoms with Gasteiger partial charge >= 0.3 is 0 Å². The van der Waals surface area contributed by atoms with Gasteiger partial charge in [0.05, 0.1) is 0 Å². The van der Waals surface area contributed by atoms with Gasteiger partial charge in [0, 0.05) is 13.1 Å². The van der Waals surface area contributed by atoms with Crippen LogP contribution in [-0.2, 0) is 12.6 Å². The van der Waals surface area contributed by atoms with Crippen molar-refractivity contribution in [1.82, 2.24) is 14.8 Å². The lowest BCUT2D eigenvalue weighted by molar-refractivity contribution is -0.0178. The first-order valence-electron chi connectivity index (χ1n) is 4.94. The van der Waals surface area contributed by atoms with E-state index < -0.39 is 5.60 Å². The summed E-state index contributed by atoms with van der Waals surface area (Å²) in [6, 6.07) is 0.0745. The molecule has 1 aliphatic carbocycles. The van der Waals surface area contributed by atoms with Gasteiger partial charge in [-0.05, 0) is 25.7 Å². The number of hydrogen-bond donors (Lipinski definition) is 2. The molecule has 1 fully saturated rings. The van der Waals surface area contributed by atoms with Crippen LogP contribution in [0.2, 0.25) is 0 Å². The van der Waals surface area contributed by atoms with Crippen LogP contribution in [0.25, 0.3) is 0 Å². The van der Waals surface area contributed by atoms with Crippen LogP contribution in [-0.4, -0.2) is 25.9 Å². The maximum Gasteiger partial charge on any atom is 0.164 e. The molecule has 2 unspecified atom stereocenters. The number of nitrogens with zero attached hydrogens (tertiary/aromatic N) is 3. The van der Waals surface area contributed by atoms with Gasteiger partial charge in [-0.25, -0.2) is 0 Å². The highest BCUT2D eigenvalue weighted by Crippen LogP contribution is 2.34. The maximum absolute atomic E-state index is 10.4. The third kappa shape index (κ3) is 1.53. The van der Waals surface area contributed by atoms with Crippen molar-refractivity contribution in [3.63, 3.8) is 0 Å². The fourth-order valence-electron chi connectivity index (χ4n) is 2.20. The van der Waals surface area contributed by atoms with Crippen molar-refractivity contribution >= 4 is 0 Å². The SMILES string of the molecule is Cn1cnnc1C1(O)CCCC(N)C1. The highest BCUT2D eigenvalue weighted by atomic mass is 16.3. The van der Waals surface area contributed by atoms with E-state index in [1.807, 2.05) is 7.05 Å². The lowest BCUT2D eigenvalue weighted by atomic mass is 9.81. The molecule has 78 valence electrons. The Hall–Kier alpha value is -0.940. The predicted octanol–water partition coefficient (Wildman–Crippen LogP) is -0.0960. The molecule has 1 aromatic heterocycles. The first-order valence-corrected chi connectivity index (χ1v) is 4.94. The zero-order valence-electron chi connectivity index (χ0n) is 8.35. The third-order valence-electron chi connectivity index (χ3n) is 2.89. The molecule has 0 saturated heterocycles. The predicted molar refractivity (Wildman–Crippen MR) is 51.3 cm³/mol. The number of nitrogens with two attached hydrogens (primary N) is 1. The molecular weight excluding hydrogens is 180 g/mol. The van der Waals surface area contributed by atoms with Crippen LogP contribution in [0.5, 0.6) is 0 Å². The minimum Gasteiger partial charge on any atom is -0.382 e. The molecule has 0 amide bonds. The van der Waals surface area contributed by atoms with E-state index in [4.69, 9.17) is 5.73 Å². The van der Waals surface area contributed by atoms with Crippen LogP contribution >= 0.6 is 0 Å². The van der Waals surface area contributed by atoms with Crippen LogP contribution in [0, 0.1) is 0 Å². The number of rotatable bonds is 1. The minimum absolute atomic E-state index is 0.0745. The van der Waals surface area contributed by atoms with Gasteiger partial charge in [-0.3, -0.25) is 0 Å². The van der Waals surface area contributed by atoms with Crippen molar-refractivity contribution in [3.8, 4) is 0 Å². The number of aromatic nitrogens is 3. The summed E-state index contributed by atoms with van der Waals surface area (Å²) in [5.41, 5.74) is 4.98. The first kappa shape index (κ1) is 9.61. The molecule has 0 aliphatic heterocycles. The van der Waals surface area contributed by atoms with Crippen LogP contribution in [0.15, 0.2) is 6.33 Å². The summed E-state index contributed by atoms with van der Waals surface area (Å²) < 4.78 is 1.76. The zero-order valence-corrected chi connectivity index (χ0v) is 8.35. The Labute approximate surface area is 82.9 Å². The van der Waals surface area contributed by atoms with Gasteiger partial charge in [-0.15, -0.1) is 10.2 Å². The van der Waals surface area contributed by atoms with E-state index in [0.29, 0.717) is 12.2 Å². The number of aryl methyl sites for hydroxylation is 1. The van der Waals surface area contributed by atoms with Crippen molar-refractivity contribution in [2.45, 2.75) is 37.3 Å². The molecule has 5 nitrogen and oxygen atoms in total. The molecule has 1 aromatic rings. The summed E-state index contributed by atoms with van der Waals surface area (Å²) in [6.07, 6.45) is 4.85. The van der Waals surface area contributed by atoms with Gasteiger partial charge in [0.15, 0.2) is 5.82 Å². The van der Waals surface area contributed by atoms with Gasteiger partial charge in [-0.2, -0.15) is 0 Å². The molecule has 0 radical (unpaired) electrons. The second-order valence-electron chi connectivity index (χ2n) is 4.15. The molecule has 0 spiro atoms. The summed E-state index contributed by atoms with van der Waals surface area (Å²) in [5, 5.41) is 18.1. The van der Waals surface area contributed by atoms with Crippen LogP contribution in [0.4, 0.5) is 0 Å². The topological polar surface area (TPSA) is 77.0 Å². The average Bonchev–Trinajstić information content (AvgIpc) is 2.51. The Morgan fingerprint density at radius 1 is 1.71 bits per heavy atom. The standard InChI is InChI=1S/C9H16N4O/c1-13-6-11-12-8(13)9(14)4-2-3-7(10)5-9/h6-7,14H,2-5,10H2,1H3. The van der Waals surface area contributed by atoms with Crippen molar-refractivity contribution in [2.75, 3.05) is 0 Å². The van der Waals surface area contributed by atoms with E-state index in [0.717, 1.165) is 19.3 Å². The number of hydrogen-bond acceptors (Lipinski definition) is 4. The smallest absolute Gasteiger partial charge is 0.164 e. The minimum atomic E-state index is -0.872. The molecule has 1 heterocycles. The largest absolute Gasteiger partial charge is 0.382 e. The zero-order chi connectivity index (χ0) is 10.2. The van der Waals surface area contributed by atoms with E-state index in [1.54, 1.807) is 10.9 Å². The second-order valence-corrected chi connectivity index (χ2v) is 4.15. The Bertz CT molecular complexity index is 324. The number of aliphatic hydroxyl groups is 1. The van der Waals surface area contributed by atoms with Gasteiger partial charge in [0.25, 0.3) is 0 Å². The third-order valence-corrected chi connectivity index (χ3v) is 2.89. The Kier molecular flexibility index (Phi) is 2.28. The van der Waals surface area contributed by atoms with Crippen molar-refractivity contribution in [2.24, 2.45) is 12.8 Å². The molecule has 1 aliphatic rings. The maximum atomic E-state index is 10.4. The fourth-order valence-corrected chi connectivity index (χ4v) is 2.20. The average molecular weight is 196 g/mol. The highest BCUT2D eigenvalue weighted by Gasteiger charge is 2.38. The Balaban J connectivity index is 2.27. The van der Waals surface area contributed by atoms with E-state index in [-0.39, 0.29) is 6.04 Å². The van der Waals surface area contributed by atoms with Gasteiger partial charge in [0.2, 0.25) is 0 Å². The molecule has 3 N–H and O–H groups in total. The van der Waals surface area contributed by atoms with Crippen molar-refractivity contribution in [1.29, 1.82) is 0 Å². The molecule has 2 atom stereocenters. The summed E-state index contributed by atoms with van der Waals surface area (Å²) in [4.78, 5) is 0. The summed E-state index contributed by atoms with van der Waals surface area (Å²) in [5.74, 6) is 0.632. The van der Waals surface area contributed by atoms with Crippen LogP contribution in [0.3, 0.4) is 0 Å². The highest BCUT2D eigenvalue weighted by molar-refractivity contribution is 5.04. The molecule has 0 bridgehead atoms.